The summed E-state index contributed by atoms with van der Waals surface area (Å²) in [6.45, 7) is 4.25. The van der Waals surface area contributed by atoms with Gasteiger partial charge in [-0.3, -0.25) is 8.42 Å². The first-order chi connectivity index (χ1) is 3.41. The van der Waals surface area contributed by atoms with E-state index in [2.05, 4.69) is 13.8 Å². The zero-order chi connectivity index (χ0) is 7.21. The molecule has 0 atom stereocenters. The molecule has 7 heteroatoms. The standard InChI is InChI=1S/C3H8.2Na.H2O4S/c1-3-2;;;1-5(2,3)4/h3H2,1-2H3;;;(H2,1,2,3,4)/q;2*+1;/p-2. The molecular formula is C3H8Na2O4S. The summed E-state index contributed by atoms with van der Waals surface area (Å²) < 4.78 is 34.1. The molecule has 0 fully saturated rings. The monoisotopic (exact) mass is 186 g/mol. The van der Waals surface area contributed by atoms with E-state index in [9.17, 15) is 0 Å². The van der Waals surface area contributed by atoms with Crippen LogP contribution in [0.25, 0.3) is 0 Å². The van der Waals surface area contributed by atoms with E-state index in [0.717, 1.165) is 0 Å². The largest absolute Gasteiger partial charge is 1.00 e. The molecule has 0 aliphatic heterocycles. The van der Waals surface area contributed by atoms with Crippen LogP contribution in [-0.4, -0.2) is 17.5 Å². The third-order valence-electron chi connectivity index (χ3n) is 0. The van der Waals surface area contributed by atoms with Crippen LogP contribution in [-0.2, 0) is 10.4 Å². The fourth-order valence-electron chi connectivity index (χ4n) is 0. The Balaban J connectivity index is -0.0000000326. The van der Waals surface area contributed by atoms with Crippen LogP contribution in [0.2, 0.25) is 0 Å². The Morgan fingerprint density at radius 2 is 1.10 bits per heavy atom. The minimum Gasteiger partial charge on any atom is -0.759 e. The first kappa shape index (κ1) is 22.6. The van der Waals surface area contributed by atoms with E-state index in [1.54, 1.807) is 0 Å². The Hall–Kier alpha value is 1.87. The normalized spacial score (nSPS) is 7.60. The first-order valence-electron chi connectivity index (χ1n) is 2.08. The molecule has 0 N–H and O–H groups in total. The Kier molecular flexibility index (Phi) is 30.5. The molecule has 0 bridgehead atoms. The van der Waals surface area contributed by atoms with Crippen molar-refractivity contribution in [1.82, 2.24) is 0 Å². The molecule has 52 valence electrons. The van der Waals surface area contributed by atoms with Crippen molar-refractivity contribution >= 4 is 10.4 Å². The van der Waals surface area contributed by atoms with Crippen LogP contribution in [0, 0.1) is 0 Å². The number of hydrogen-bond acceptors (Lipinski definition) is 4. The average Bonchev–Trinajstić information content (AvgIpc) is 1.27. The Bertz CT molecular complexity index is 112. The maximum atomic E-state index is 8.52. The maximum absolute atomic E-state index is 8.52. The van der Waals surface area contributed by atoms with Gasteiger partial charge in [0.05, 0.1) is 0 Å². The second-order valence-electron chi connectivity index (χ2n) is 1.12. The van der Waals surface area contributed by atoms with Crippen molar-refractivity contribution in [2.75, 3.05) is 0 Å². The van der Waals surface area contributed by atoms with Crippen molar-refractivity contribution in [3.8, 4) is 0 Å². The molecule has 0 rings (SSSR count). The van der Waals surface area contributed by atoms with Crippen LogP contribution in [0.5, 0.6) is 0 Å². The summed E-state index contributed by atoms with van der Waals surface area (Å²) in [5, 5.41) is 0. The fraction of sp³-hybridized carbons (Fsp3) is 1.00. The Morgan fingerprint density at radius 3 is 1.10 bits per heavy atom. The molecule has 0 saturated carbocycles. The minimum atomic E-state index is -5.17. The van der Waals surface area contributed by atoms with Crippen LogP contribution in [0.15, 0.2) is 0 Å². The molecule has 4 nitrogen and oxygen atoms in total. The predicted octanol–water partition coefficient (Wildman–Crippen LogP) is -5.91. The Morgan fingerprint density at radius 1 is 1.10 bits per heavy atom. The van der Waals surface area contributed by atoms with E-state index in [4.69, 9.17) is 17.5 Å². The summed E-state index contributed by atoms with van der Waals surface area (Å²) in [5.41, 5.74) is 0. The van der Waals surface area contributed by atoms with Gasteiger partial charge in [-0.05, 0) is 0 Å². The van der Waals surface area contributed by atoms with Gasteiger partial charge in [-0.15, -0.1) is 0 Å². The average molecular weight is 186 g/mol. The van der Waals surface area contributed by atoms with Crippen LogP contribution in [0.3, 0.4) is 0 Å². The molecule has 0 spiro atoms. The van der Waals surface area contributed by atoms with Gasteiger partial charge in [-0.1, -0.05) is 20.3 Å². The van der Waals surface area contributed by atoms with Gasteiger partial charge in [-0.25, -0.2) is 0 Å². The molecule has 0 radical (unpaired) electrons. The first-order valence-corrected chi connectivity index (χ1v) is 3.41. The SMILES string of the molecule is CCC.O=S(=O)([O-])[O-].[Na+].[Na+]. The quantitative estimate of drug-likeness (QED) is 0.214. The maximum Gasteiger partial charge on any atom is 1.00 e. The molecule has 0 saturated heterocycles. The van der Waals surface area contributed by atoms with E-state index in [1.165, 1.54) is 6.42 Å². The number of rotatable bonds is 0. The zero-order valence-electron chi connectivity index (χ0n) is 6.75. The molecule has 0 aromatic rings. The van der Waals surface area contributed by atoms with Crippen molar-refractivity contribution in [1.29, 1.82) is 0 Å². The zero-order valence-corrected chi connectivity index (χ0v) is 11.6. The summed E-state index contributed by atoms with van der Waals surface area (Å²) >= 11 is 0. The van der Waals surface area contributed by atoms with Gasteiger partial charge in [-0.2, -0.15) is 0 Å². The van der Waals surface area contributed by atoms with Crippen LogP contribution in [0.1, 0.15) is 20.3 Å². The second kappa shape index (κ2) is 13.5. The fourth-order valence-corrected chi connectivity index (χ4v) is 0. The topological polar surface area (TPSA) is 80.3 Å². The summed E-state index contributed by atoms with van der Waals surface area (Å²) in [6.07, 6.45) is 1.25. The van der Waals surface area contributed by atoms with Gasteiger partial charge in [0.2, 0.25) is 0 Å². The van der Waals surface area contributed by atoms with E-state index < -0.39 is 10.4 Å². The van der Waals surface area contributed by atoms with Crippen molar-refractivity contribution in [2.45, 2.75) is 20.3 Å². The van der Waals surface area contributed by atoms with Crippen molar-refractivity contribution in [3.05, 3.63) is 0 Å². The van der Waals surface area contributed by atoms with Crippen LogP contribution < -0.4 is 59.1 Å². The molecule has 0 heterocycles. The number of hydrogen-bond donors (Lipinski definition) is 0. The molecule has 0 aromatic carbocycles. The van der Waals surface area contributed by atoms with Crippen LogP contribution in [0.4, 0.5) is 0 Å². The van der Waals surface area contributed by atoms with Crippen molar-refractivity contribution < 1.29 is 76.6 Å². The van der Waals surface area contributed by atoms with Gasteiger partial charge in [0.15, 0.2) is 0 Å². The molecule has 0 amide bonds. The summed E-state index contributed by atoms with van der Waals surface area (Å²) in [5.74, 6) is 0. The van der Waals surface area contributed by atoms with Gasteiger partial charge in [0.25, 0.3) is 0 Å². The summed E-state index contributed by atoms with van der Waals surface area (Å²) in [4.78, 5) is 0. The summed E-state index contributed by atoms with van der Waals surface area (Å²) in [6, 6.07) is 0. The van der Waals surface area contributed by atoms with Gasteiger partial charge in [0, 0.05) is 10.4 Å². The smallest absolute Gasteiger partial charge is 0.759 e. The van der Waals surface area contributed by atoms with Crippen molar-refractivity contribution in [3.63, 3.8) is 0 Å². The predicted molar refractivity (Wildman–Crippen MR) is 26.4 cm³/mol. The van der Waals surface area contributed by atoms with E-state index in [-0.39, 0.29) is 59.1 Å². The molecule has 10 heavy (non-hydrogen) atoms. The third-order valence-corrected chi connectivity index (χ3v) is 0. The van der Waals surface area contributed by atoms with E-state index in [0.29, 0.717) is 0 Å². The van der Waals surface area contributed by atoms with Crippen molar-refractivity contribution in [2.24, 2.45) is 0 Å². The third kappa shape index (κ3) is 222. The summed E-state index contributed by atoms with van der Waals surface area (Å²) in [7, 11) is -5.17. The van der Waals surface area contributed by atoms with E-state index >= 15 is 0 Å². The molecule has 0 aliphatic rings. The minimum absolute atomic E-state index is 0. The van der Waals surface area contributed by atoms with Gasteiger partial charge < -0.3 is 9.11 Å². The van der Waals surface area contributed by atoms with E-state index in [1.807, 2.05) is 0 Å². The molecule has 0 unspecified atom stereocenters. The van der Waals surface area contributed by atoms with Gasteiger partial charge in [0.1, 0.15) is 0 Å². The van der Waals surface area contributed by atoms with Gasteiger partial charge >= 0.3 is 59.1 Å². The molecular weight excluding hydrogens is 178 g/mol. The molecule has 0 aliphatic carbocycles. The van der Waals surface area contributed by atoms with Crippen LogP contribution >= 0.6 is 0 Å². The Labute approximate surface area is 106 Å². The molecule has 0 aromatic heterocycles. The second-order valence-corrected chi connectivity index (χ2v) is 1.93.